The maximum absolute atomic E-state index is 9.12. The van der Waals surface area contributed by atoms with Crippen molar-refractivity contribution >= 4 is 0 Å². The van der Waals surface area contributed by atoms with E-state index in [0.717, 1.165) is 37.4 Å². The van der Waals surface area contributed by atoms with Crippen molar-refractivity contribution in [2.75, 3.05) is 27.4 Å². The number of ether oxygens (including phenoxy) is 2. The maximum Gasteiger partial charge on any atom is 0.160 e. The summed E-state index contributed by atoms with van der Waals surface area (Å²) in [5, 5.41) is 12.6. The van der Waals surface area contributed by atoms with E-state index in [1.54, 1.807) is 14.2 Å². The van der Waals surface area contributed by atoms with E-state index in [9.17, 15) is 0 Å². The number of hydrogen-bond donors (Lipinski definition) is 2. The van der Waals surface area contributed by atoms with E-state index in [0.29, 0.717) is 6.42 Å². The molecule has 130 valence electrons. The van der Waals surface area contributed by atoms with Crippen molar-refractivity contribution in [1.82, 2.24) is 5.32 Å². The third-order valence-electron chi connectivity index (χ3n) is 4.08. The molecule has 0 aliphatic rings. The Bertz CT molecular complexity index is 628. The molecule has 0 saturated carbocycles. The van der Waals surface area contributed by atoms with Crippen LogP contribution in [0.15, 0.2) is 42.5 Å². The van der Waals surface area contributed by atoms with Crippen LogP contribution in [0.3, 0.4) is 0 Å². The Labute approximate surface area is 144 Å². The van der Waals surface area contributed by atoms with E-state index in [2.05, 4.69) is 23.5 Å². The van der Waals surface area contributed by atoms with Crippen LogP contribution in [0.1, 0.15) is 23.1 Å². The Balaban J connectivity index is 1.77. The number of rotatable bonds is 10. The summed E-state index contributed by atoms with van der Waals surface area (Å²) in [5.74, 6) is 1.54. The number of aryl methyl sites for hydroxylation is 1. The molecule has 0 heterocycles. The Morgan fingerprint density at radius 1 is 0.917 bits per heavy atom. The van der Waals surface area contributed by atoms with Crippen LogP contribution in [-0.2, 0) is 19.4 Å². The van der Waals surface area contributed by atoms with Gasteiger partial charge in [-0.25, -0.2) is 0 Å². The van der Waals surface area contributed by atoms with Gasteiger partial charge in [0, 0.05) is 13.2 Å². The molecule has 4 heteroatoms. The first-order valence-corrected chi connectivity index (χ1v) is 8.37. The van der Waals surface area contributed by atoms with E-state index in [1.807, 2.05) is 24.3 Å². The highest BCUT2D eigenvalue weighted by molar-refractivity contribution is 5.42. The molecule has 2 rings (SSSR count). The van der Waals surface area contributed by atoms with E-state index < -0.39 is 0 Å². The molecule has 24 heavy (non-hydrogen) atoms. The lowest BCUT2D eigenvalue weighted by Crippen LogP contribution is -2.16. The van der Waals surface area contributed by atoms with Gasteiger partial charge < -0.3 is 19.9 Å². The molecule has 2 aromatic rings. The molecular formula is C20H27NO3. The molecule has 0 unspecified atom stereocenters. The molecule has 0 atom stereocenters. The number of aliphatic hydroxyl groups excluding tert-OH is 1. The zero-order valence-corrected chi connectivity index (χ0v) is 14.5. The van der Waals surface area contributed by atoms with E-state index >= 15 is 0 Å². The van der Waals surface area contributed by atoms with E-state index in [4.69, 9.17) is 14.6 Å². The Morgan fingerprint density at radius 2 is 1.67 bits per heavy atom. The summed E-state index contributed by atoms with van der Waals surface area (Å²) in [7, 11) is 3.31. The first-order valence-electron chi connectivity index (χ1n) is 8.37. The molecule has 2 N–H and O–H groups in total. The predicted molar refractivity (Wildman–Crippen MR) is 96.8 cm³/mol. The summed E-state index contributed by atoms with van der Waals surface area (Å²) in [6.45, 7) is 1.97. The molecule has 0 aliphatic carbocycles. The minimum absolute atomic E-state index is 0.191. The third-order valence-corrected chi connectivity index (χ3v) is 4.08. The van der Waals surface area contributed by atoms with Crippen LogP contribution < -0.4 is 14.8 Å². The van der Waals surface area contributed by atoms with Gasteiger partial charge in [-0.1, -0.05) is 30.3 Å². The Kier molecular flexibility index (Phi) is 7.59. The van der Waals surface area contributed by atoms with Gasteiger partial charge >= 0.3 is 0 Å². The third kappa shape index (κ3) is 5.25. The lowest BCUT2D eigenvalue weighted by molar-refractivity contribution is 0.299. The summed E-state index contributed by atoms with van der Waals surface area (Å²) in [4.78, 5) is 0. The van der Waals surface area contributed by atoms with Crippen molar-refractivity contribution in [2.45, 2.75) is 25.8 Å². The summed E-state index contributed by atoms with van der Waals surface area (Å²) in [6, 6.07) is 14.3. The SMILES string of the molecule is COc1ccc(CCCNCc2ccccc2CCO)cc1OC. The molecule has 4 nitrogen and oxygen atoms in total. The first-order chi connectivity index (χ1) is 11.8. The number of methoxy groups -OCH3 is 2. The van der Waals surface area contributed by atoms with Crippen LogP contribution in [0.4, 0.5) is 0 Å². The number of aliphatic hydroxyl groups is 1. The second-order valence-electron chi connectivity index (χ2n) is 5.71. The van der Waals surface area contributed by atoms with Crippen LogP contribution in [-0.4, -0.2) is 32.5 Å². The first kappa shape index (κ1) is 18.3. The fourth-order valence-electron chi connectivity index (χ4n) is 2.77. The molecule has 2 aromatic carbocycles. The zero-order valence-electron chi connectivity index (χ0n) is 14.5. The average molecular weight is 329 g/mol. The molecule has 0 amide bonds. The van der Waals surface area contributed by atoms with Crippen molar-refractivity contribution in [2.24, 2.45) is 0 Å². The van der Waals surface area contributed by atoms with Crippen LogP contribution in [0.25, 0.3) is 0 Å². The molecule has 0 bridgehead atoms. The van der Waals surface area contributed by atoms with Gasteiger partial charge in [0.2, 0.25) is 0 Å². The quantitative estimate of drug-likeness (QED) is 0.658. The van der Waals surface area contributed by atoms with E-state index in [1.165, 1.54) is 16.7 Å². The normalized spacial score (nSPS) is 10.6. The molecule has 0 saturated heterocycles. The molecule has 0 fully saturated rings. The monoisotopic (exact) mass is 329 g/mol. The van der Waals surface area contributed by atoms with Gasteiger partial charge in [0.05, 0.1) is 14.2 Å². The molecule has 0 spiro atoms. The fraction of sp³-hybridized carbons (Fsp3) is 0.400. The van der Waals surface area contributed by atoms with Gasteiger partial charge in [-0.05, 0) is 54.6 Å². The van der Waals surface area contributed by atoms with Gasteiger partial charge in [0.15, 0.2) is 11.5 Å². The van der Waals surface area contributed by atoms with Crippen LogP contribution >= 0.6 is 0 Å². The fourth-order valence-corrected chi connectivity index (χ4v) is 2.77. The molecular weight excluding hydrogens is 302 g/mol. The second kappa shape index (κ2) is 9.96. The maximum atomic E-state index is 9.12. The van der Waals surface area contributed by atoms with Gasteiger partial charge in [-0.2, -0.15) is 0 Å². The molecule has 0 radical (unpaired) electrons. The topological polar surface area (TPSA) is 50.7 Å². The Morgan fingerprint density at radius 3 is 2.38 bits per heavy atom. The minimum Gasteiger partial charge on any atom is -0.493 e. The minimum atomic E-state index is 0.191. The average Bonchev–Trinajstić information content (AvgIpc) is 2.62. The highest BCUT2D eigenvalue weighted by Crippen LogP contribution is 2.27. The zero-order chi connectivity index (χ0) is 17.2. The molecule has 0 aliphatic heterocycles. The lowest BCUT2D eigenvalue weighted by atomic mass is 10.0. The standard InChI is InChI=1S/C20H27NO3/c1-23-19-10-9-16(14-20(19)24-2)6-5-12-21-15-18-8-4-3-7-17(18)11-13-22/h3-4,7-10,14,21-22H,5-6,11-13,15H2,1-2H3. The summed E-state index contributed by atoms with van der Waals surface area (Å²) < 4.78 is 10.6. The van der Waals surface area contributed by atoms with Crippen LogP contribution in [0, 0.1) is 0 Å². The van der Waals surface area contributed by atoms with Gasteiger partial charge in [0.25, 0.3) is 0 Å². The van der Waals surface area contributed by atoms with Crippen molar-refractivity contribution in [1.29, 1.82) is 0 Å². The van der Waals surface area contributed by atoms with Crippen molar-refractivity contribution in [3.05, 3.63) is 59.2 Å². The van der Waals surface area contributed by atoms with E-state index in [-0.39, 0.29) is 6.61 Å². The van der Waals surface area contributed by atoms with Crippen LogP contribution in [0.5, 0.6) is 11.5 Å². The largest absolute Gasteiger partial charge is 0.493 e. The van der Waals surface area contributed by atoms with Gasteiger partial charge in [-0.15, -0.1) is 0 Å². The number of hydrogen-bond acceptors (Lipinski definition) is 4. The second-order valence-corrected chi connectivity index (χ2v) is 5.71. The number of nitrogens with one attached hydrogen (secondary N) is 1. The Hall–Kier alpha value is -2.04. The van der Waals surface area contributed by atoms with Gasteiger partial charge in [0.1, 0.15) is 0 Å². The van der Waals surface area contributed by atoms with Crippen LogP contribution in [0.2, 0.25) is 0 Å². The highest BCUT2D eigenvalue weighted by Gasteiger charge is 2.05. The highest BCUT2D eigenvalue weighted by atomic mass is 16.5. The molecule has 0 aromatic heterocycles. The lowest BCUT2D eigenvalue weighted by Gasteiger charge is -2.11. The summed E-state index contributed by atoms with van der Waals surface area (Å²) >= 11 is 0. The number of benzene rings is 2. The summed E-state index contributed by atoms with van der Waals surface area (Å²) in [5.41, 5.74) is 3.72. The summed E-state index contributed by atoms with van der Waals surface area (Å²) in [6.07, 6.45) is 2.76. The smallest absolute Gasteiger partial charge is 0.160 e. The van der Waals surface area contributed by atoms with Gasteiger partial charge in [-0.3, -0.25) is 0 Å². The van der Waals surface area contributed by atoms with Crippen molar-refractivity contribution in [3.8, 4) is 11.5 Å². The van der Waals surface area contributed by atoms with Crippen molar-refractivity contribution < 1.29 is 14.6 Å². The predicted octanol–water partition coefficient (Wildman–Crippen LogP) is 2.96. The van der Waals surface area contributed by atoms with Crippen molar-refractivity contribution in [3.63, 3.8) is 0 Å².